The van der Waals surface area contributed by atoms with Gasteiger partial charge in [0.15, 0.2) is 0 Å². The first-order valence-electron chi connectivity index (χ1n) is 7.38. The molecule has 1 fully saturated rings. The largest absolute Gasteiger partial charge is 0.396 e. The summed E-state index contributed by atoms with van der Waals surface area (Å²) in [4.78, 5) is 9.31. The fraction of sp³-hybridized carbons (Fsp3) is 0.500. The predicted molar refractivity (Wildman–Crippen MR) is 80.7 cm³/mol. The predicted octanol–water partition coefficient (Wildman–Crippen LogP) is 2.90. The summed E-state index contributed by atoms with van der Waals surface area (Å²) < 4.78 is 0. The fourth-order valence-electron chi connectivity index (χ4n) is 3.14. The number of fused-ring (bicyclic) bond motifs is 1. The molecule has 1 aromatic heterocycles. The SMILES string of the molecule is Cc1nc2ccccc2nc1NC1CCCC1CCO. The maximum absolute atomic E-state index is 9.15. The van der Waals surface area contributed by atoms with Crippen LogP contribution in [0.4, 0.5) is 5.82 Å². The first-order chi connectivity index (χ1) is 9.78. The average Bonchev–Trinajstić information content (AvgIpc) is 2.87. The van der Waals surface area contributed by atoms with E-state index in [0.717, 1.165) is 35.4 Å². The molecule has 20 heavy (non-hydrogen) atoms. The number of aliphatic hydroxyl groups is 1. The summed E-state index contributed by atoms with van der Waals surface area (Å²) in [6.45, 7) is 2.27. The molecule has 0 bridgehead atoms. The second-order valence-corrected chi connectivity index (χ2v) is 5.60. The van der Waals surface area contributed by atoms with Gasteiger partial charge < -0.3 is 10.4 Å². The van der Waals surface area contributed by atoms with Gasteiger partial charge in [-0.05, 0) is 44.2 Å². The van der Waals surface area contributed by atoms with Gasteiger partial charge in [-0.2, -0.15) is 0 Å². The van der Waals surface area contributed by atoms with Crippen molar-refractivity contribution in [1.82, 2.24) is 9.97 Å². The highest BCUT2D eigenvalue weighted by molar-refractivity contribution is 5.76. The maximum atomic E-state index is 9.15. The third-order valence-corrected chi connectivity index (χ3v) is 4.23. The Labute approximate surface area is 119 Å². The zero-order valence-electron chi connectivity index (χ0n) is 11.8. The van der Waals surface area contributed by atoms with E-state index < -0.39 is 0 Å². The van der Waals surface area contributed by atoms with E-state index in [-0.39, 0.29) is 6.61 Å². The van der Waals surface area contributed by atoms with Crippen molar-refractivity contribution < 1.29 is 5.11 Å². The van der Waals surface area contributed by atoms with Crippen LogP contribution in [0.25, 0.3) is 11.0 Å². The van der Waals surface area contributed by atoms with Gasteiger partial charge in [0.05, 0.1) is 16.7 Å². The summed E-state index contributed by atoms with van der Waals surface area (Å²) in [6.07, 6.45) is 4.44. The first-order valence-corrected chi connectivity index (χ1v) is 7.38. The van der Waals surface area contributed by atoms with E-state index in [0.29, 0.717) is 12.0 Å². The van der Waals surface area contributed by atoms with Crippen molar-refractivity contribution in [2.24, 2.45) is 5.92 Å². The van der Waals surface area contributed by atoms with Crippen molar-refractivity contribution in [2.45, 2.75) is 38.6 Å². The number of hydrogen-bond donors (Lipinski definition) is 2. The number of rotatable bonds is 4. The average molecular weight is 271 g/mol. The smallest absolute Gasteiger partial charge is 0.148 e. The third-order valence-electron chi connectivity index (χ3n) is 4.23. The highest BCUT2D eigenvalue weighted by Gasteiger charge is 2.27. The van der Waals surface area contributed by atoms with Gasteiger partial charge in [-0.15, -0.1) is 0 Å². The minimum atomic E-state index is 0.269. The lowest BCUT2D eigenvalue weighted by molar-refractivity contribution is 0.254. The molecule has 2 atom stereocenters. The van der Waals surface area contributed by atoms with Crippen LogP contribution in [0.2, 0.25) is 0 Å². The molecule has 106 valence electrons. The van der Waals surface area contributed by atoms with Crippen LogP contribution in [0.1, 0.15) is 31.4 Å². The Bertz CT molecular complexity index is 599. The normalized spacial score (nSPS) is 22.3. The number of para-hydroxylation sites is 2. The molecule has 1 aliphatic carbocycles. The second-order valence-electron chi connectivity index (χ2n) is 5.60. The van der Waals surface area contributed by atoms with Gasteiger partial charge in [0.2, 0.25) is 0 Å². The van der Waals surface area contributed by atoms with Crippen molar-refractivity contribution >= 4 is 16.9 Å². The number of benzene rings is 1. The molecule has 4 heteroatoms. The lowest BCUT2D eigenvalue weighted by Gasteiger charge is -2.21. The molecule has 1 heterocycles. The molecule has 4 nitrogen and oxygen atoms in total. The van der Waals surface area contributed by atoms with Crippen molar-refractivity contribution in [1.29, 1.82) is 0 Å². The number of anilines is 1. The molecule has 2 N–H and O–H groups in total. The van der Waals surface area contributed by atoms with Crippen molar-refractivity contribution in [2.75, 3.05) is 11.9 Å². The molecule has 1 saturated carbocycles. The van der Waals surface area contributed by atoms with Crippen molar-refractivity contribution in [3.05, 3.63) is 30.0 Å². The second kappa shape index (κ2) is 5.75. The molecule has 0 spiro atoms. The number of aliphatic hydroxyl groups excluding tert-OH is 1. The van der Waals surface area contributed by atoms with Gasteiger partial charge >= 0.3 is 0 Å². The molecule has 2 aromatic rings. The summed E-state index contributed by atoms with van der Waals surface area (Å²) in [6, 6.07) is 8.37. The van der Waals surface area contributed by atoms with E-state index in [2.05, 4.69) is 10.3 Å². The molecule has 1 aromatic carbocycles. The molecule has 0 radical (unpaired) electrons. The van der Waals surface area contributed by atoms with E-state index in [1.165, 1.54) is 12.8 Å². The van der Waals surface area contributed by atoms with Crippen LogP contribution in [-0.2, 0) is 0 Å². The zero-order valence-corrected chi connectivity index (χ0v) is 11.8. The Balaban J connectivity index is 1.84. The van der Waals surface area contributed by atoms with Crippen LogP contribution < -0.4 is 5.32 Å². The van der Waals surface area contributed by atoms with E-state index in [1.807, 2.05) is 31.2 Å². The van der Waals surface area contributed by atoms with E-state index in [9.17, 15) is 0 Å². The minimum absolute atomic E-state index is 0.269. The molecule has 0 amide bonds. The molecular formula is C16H21N3O. The van der Waals surface area contributed by atoms with Crippen LogP contribution >= 0.6 is 0 Å². The Hall–Kier alpha value is -1.68. The van der Waals surface area contributed by atoms with Crippen LogP contribution in [0.15, 0.2) is 24.3 Å². The van der Waals surface area contributed by atoms with Crippen LogP contribution in [0.5, 0.6) is 0 Å². The molecule has 3 rings (SSSR count). The van der Waals surface area contributed by atoms with E-state index in [4.69, 9.17) is 10.1 Å². The van der Waals surface area contributed by atoms with Crippen LogP contribution in [-0.4, -0.2) is 27.7 Å². The lowest BCUT2D eigenvalue weighted by atomic mass is 10.00. The Morgan fingerprint density at radius 2 is 1.95 bits per heavy atom. The summed E-state index contributed by atoms with van der Waals surface area (Å²) in [5, 5.41) is 12.7. The van der Waals surface area contributed by atoms with E-state index in [1.54, 1.807) is 0 Å². The van der Waals surface area contributed by atoms with Crippen LogP contribution in [0.3, 0.4) is 0 Å². The maximum Gasteiger partial charge on any atom is 0.148 e. The highest BCUT2D eigenvalue weighted by atomic mass is 16.3. The van der Waals surface area contributed by atoms with Gasteiger partial charge in [-0.3, -0.25) is 0 Å². The third kappa shape index (κ3) is 2.61. The monoisotopic (exact) mass is 271 g/mol. The minimum Gasteiger partial charge on any atom is -0.396 e. The number of nitrogens with one attached hydrogen (secondary N) is 1. The number of nitrogens with zero attached hydrogens (tertiary/aromatic N) is 2. The zero-order chi connectivity index (χ0) is 13.9. The number of aromatic nitrogens is 2. The number of hydrogen-bond acceptors (Lipinski definition) is 4. The Morgan fingerprint density at radius 3 is 2.70 bits per heavy atom. The van der Waals surface area contributed by atoms with Crippen molar-refractivity contribution in [3.63, 3.8) is 0 Å². The van der Waals surface area contributed by atoms with Gasteiger partial charge in [-0.25, -0.2) is 9.97 Å². The summed E-state index contributed by atoms with van der Waals surface area (Å²) in [7, 11) is 0. The lowest BCUT2D eigenvalue weighted by Crippen LogP contribution is -2.25. The van der Waals surface area contributed by atoms with Crippen LogP contribution in [0, 0.1) is 12.8 Å². The molecule has 0 saturated heterocycles. The van der Waals surface area contributed by atoms with Gasteiger partial charge in [0.25, 0.3) is 0 Å². The fourth-order valence-corrected chi connectivity index (χ4v) is 3.14. The quantitative estimate of drug-likeness (QED) is 0.897. The highest BCUT2D eigenvalue weighted by Crippen LogP contribution is 2.31. The Morgan fingerprint density at radius 1 is 1.20 bits per heavy atom. The van der Waals surface area contributed by atoms with Gasteiger partial charge in [0.1, 0.15) is 5.82 Å². The summed E-state index contributed by atoms with van der Waals surface area (Å²) >= 11 is 0. The van der Waals surface area contributed by atoms with Gasteiger partial charge in [-0.1, -0.05) is 18.6 Å². The Kier molecular flexibility index (Phi) is 3.83. The summed E-state index contributed by atoms with van der Waals surface area (Å²) in [5.41, 5.74) is 2.81. The molecule has 0 aliphatic heterocycles. The number of aryl methyl sites for hydroxylation is 1. The first kappa shape index (κ1) is 13.3. The topological polar surface area (TPSA) is 58.0 Å². The van der Waals surface area contributed by atoms with Gasteiger partial charge in [0, 0.05) is 12.6 Å². The summed E-state index contributed by atoms with van der Waals surface area (Å²) in [5.74, 6) is 1.44. The van der Waals surface area contributed by atoms with E-state index >= 15 is 0 Å². The molecular weight excluding hydrogens is 250 g/mol. The molecule has 1 aliphatic rings. The standard InChI is InChI=1S/C16H21N3O/c1-11-16(18-13-8-4-5-12(13)9-10-20)19-15-7-3-2-6-14(15)17-11/h2-3,6-7,12-13,20H,4-5,8-10H2,1H3,(H,18,19). The van der Waals surface area contributed by atoms with Crippen molar-refractivity contribution in [3.8, 4) is 0 Å². The molecule has 2 unspecified atom stereocenters.